The fourth-order valence-corrected chi connectivity index (χ4v) is 2.08. The summed E-state index contributed by atoms with van der Waals surface area (Å²) in [7, 11) is 0. The average molecular weight is 274 g/mol. The summed E-state index contributed by atoms with van der Waals surface area (Å²) >= 11 is 0. The van der Waals surface area contributed by atoms with E-state index in [1.807, 2.05) is 33.8 Å². The van der Waals surface area contributed by atoms with Crippen LogP contribution in [-0.2, 0) is 4.74 Å². The first-order valence-corrected chi connectivity index (χ1v) is 6.70. The Balaban J connectivity index is 2.75. The molecule has 0 bridgehead atoms. The summed E-state index contributed by atoms with van der Waals surface area (Å²) in [6.07, 6.45) is 4.63. The van der Waals surface area contributed by atoms with Crippen molar-refractivity contribution in [1.29, 1.82) is 5.26 Å². The van der Waals surface area contributed by atoms with Crippen LogP contribution >= 0.6 is 0 Å². The highest BCUT2D eigenvalue weighted by molar-refractivity contribution is 5.69. The molecule has 1 aliphatic rings. The van der Waals surface area contributed by atoms with Crippen molar-refractivity contribution in [3.05, 3.63) is 35.5 Å². The van der Waals surface area contributed by atoms with Gasteiger partial charge < -0.3 is 10.1 Å². The Morgan fingerprint density at radius 1 is 1.55 bits per heavy atom. The van der Waals surface area contributed by atoms with Gasteiger partial charge in [0, 0.05) is 0 Å². The van der Waals surface area contributed by atoms with E-state index in [1.165, 1.54) is 6.08 Å². The Morgan fingerprint density at radius 2 is 2.20 bits per heavy atom. The number of nitrogens with one attached hydrogen (secondary N) is 1. The van der Waals surface area contributed by atoms with Crippen LogP contribution in [0.2, 0.25) is 0 Å². The van der Waals surface area contributed by atoms with E-state index in [0.29, 0.717) is 5.57 Å². The van der Waals surface area contributed by atoms with Crippen molar-refractivity contribution in [3.8, 4) is 6.07 Å². The monoisotopic (exact) mass is 274 g/mol. The fourth-order valence-electron chi connectivity index (χ4n) is 2.08. The highest BCUT2D eigenvalue weighted by Crippen LogP contribution is 2.28. The van der Waals surface area contributed by atoms with Crippen LogP contribution in [0.4, 0.5) is 4.79 Å². The van der Waals surface area contributed by atoms with Gasteiger partial charge in [0.15, 0.2) is 0 Å². The lowest BCUT2D eigenvalue weighted by Gasteiger charge is -2.22. The number of alkyl carbamates (subject to hydrolysis) is 1. The number of allylic oxidation sites excluding steroid dienone is 4. The minimum Gasteiger partial charge on any atom is -0.444 e. The van der Waals surface area contributed by atoms with Crippen LogP contribution < -0.4 is 5.32 Å². The van der Waals surface area contributed by atoms with Crippen LogP contribution in [0.25, 0.3) is 0 Å². The molecule has 0 unspecified atom stereocenters. The number of ether oxygens (including phenoxy) is 1. The third kappa shape index (κ3) is 4.58. The van der Waals surface area contributed by atoms with Crippen molar-refractivity contribution in [1.82, 2.24) is 5.32 Å². The van der Waals surface area contributed by atoms with Crippen LogP contribution in [-0.4, -0.2) is 17.7 Å². The molecule has 1 N–H and O–H groups in total. The van der Waals surface area contributed by atoms with Crippen molar-refractivity contribution in [2.75, 3.05) is 0 Å². The normalized spacial score (nSPS) is 19.6. The molecule has 1 aliphatic carbocycles. The molecule has 0 spiro atoms. The zero-order valence-corrected chi connectivity index (χ0v) is 12.6. The van der Waals surface area contributed by atoms with Gasteiger partial charge in [-0.2, -0.15) is 5.26 Å². The number of carbonyl (C=O) groups excluding carboxylic acids is 1. The third-order valence-corrected chi connectivity index (χ3v) is 3.10. The van der Waals surface area contributed by atoms with E-state index in [4.69, 9.17) is 10.00 Å². The third-order valence-electron chi connectivity index (χ3n) is 3.10. The lowest BCUT2D eigenvalue weighted by molar-refractivity contribution is 0.0512. The summed E-state index contributed by atoms with van der Waals surface area (Å²) in [4.78, 5) is 11.8. The summed E-state index contributed by atoms with van der Waals surface area (Å²) in [5.41, 5.74) is 2.20. The van der Waals surface area contributed by atoms with E-state index >= 15 is 0 Å². The minimum absolute atomic E-state index is 0.0270. The lowest BCUT2D eigenvalue weighted by atomic mass is 10.1. The van der Waals surface area contributed by atoms with Crippen molar-refractivity contribution in [3.63, 3.8) is 0 Å². The van der Waals surface area contributed by atoms with E-state index in [-0.39, 0.29) is 6.04 Å². The van der Waals surface area contributed by atoms with Gasteiger partial charge in [0.1, 0.15) is 5.60 Å². The molecular weight excluding hydrogens is 252 g/mol. The second-order valence-corrected chi connectivity index (χ2v) is 5.86. The number of hydrogen-bond donors (Lipinski definition) is 1. The molecule has 0 fully saturated rings. The molecule has 4 heteroatoms. The Labute approximate surface area is 120 Å². The number of nitrogens with zero attached hydrogens (tertiary/aromatic N) is 1. The number of rotatable bonds is 3. The topological polar surface area (TPSA) is 62.1 Å². The maximum absolute atomic E-state index is 11.8. The molecule has 108 valence electrons. The maximum Gasteiger partial charge on any atom is 0.408 e. The number of hydrogen-bond acceptors (Lipinski definition) is 3. The van der Waals surface area contributed by atoms with Crippen LogP contribution in [0, 0.1) is 11.3 Å². The Morgan fingerprint density at radius 3 is 2.70 bits per heavy atom. The van der Waals surface area contributed by atoms with Crippen molar-refractivity contribution in [2.24, 2.45) is 0 Å². The summed E-state index contributed by atoms with van der Waals surface area (Å²) < 4.78 is 5.25. The van der Waals surface area contributed by atoms with Crippen LogP contribution in [0.3, 0.4) is 0 Å². The van der Waals surface area contributed by atoms with Gasteiger partial charge in [0.05, 0.1) is 17.7 Å². The first kappa shape index (κ1) is 16.0. The predicted molar refractivity (Wildman–Crippen MR) is 79.0 cm³/mol. The quantitative estimate of drug-likeness (QED) is 0.631. The van der Waals surface area contributed by atoms with E-state index in [2.05, 4.69) is 18.0 Å². The summed E-state index contributed by atoms with van der Waals surface area (Å²) in [6, 6.07) is 2.06. The molecule has 1 atom stereocenters. The van der Waals surface area contributed by atoms with Crippen LogP contribution in [0.5, 0.6) is 0 Å². The number of carbonyl (C=O) groups is 1. The molecule has 0 aliphatic heterocycles. The van der Waals surface area contributed by atoms with Crippen LogP contribution in [0.15, 0.2) is 35.5 Å². The molecule has 0 saturated carbocycles. The van der Waals surface area contributed by atoms with Crippen molar-refractivity contribution >= 4 is 6.09 Å². The molecule has 0 saturated heterocycles. The van der Waals surface area contributed by atoms with Gasteiger partial charge in [-0.1, -0.05) is 12.7 Å². The van der Waals surface area contributed by atoms with Gasteiger partial charge >= 0.3 is 6.09 Å². The number of nitriles is 1. The molecule has 0 heterocycles. The first-order valence-electron chi connectivity index (χ1n) is 6.70. The molecular formula is C16H22N2O2. The van der Waals surface area contributed by atoms with Crippen molar-refractivity contribution in [2.45, 2.75) is 52.2 Å². The summed E-state index contributed by atoms with van der Waals surface area (Å²) in [5, 5.41) is 11.8. The second-order valence-electron chi connectivity index (χ2n) is 5.86. The van der Waals surface area contributed by atoms with Gasteiger partial charge in [-0.3, -0.25) is 0 Å². The molecule has 0 aromatic heterocycles. The Kier molecular flexibility index (Phi) is 5.15. The van der Waals surface area contributed by atoms with Gasteiger partial charge in [-0.15, -0.1) is 0 Å². The fraction of sp³-hybridized carbons (Fsp3) is 0.500. The van der Waals surface area contributed by atoms with E-state index in [0.717, 1.165) is 24.0 Å². The second kappa shape index (κ2) is 6.42. The Hall–Kier alpha value is -2.02. The Bertz CT molecular complexity index is 502. The zero-order valence-electron chi connectivity index (χ0n) is 12.6. The van der Waals surface area contributed by atoms with Gasteiger partial charge in [0.25, 0.3) is 0 Å². The van der Waals surface area contributed by atoms with E-state index in [1.54, 1.807) is 0 Å². The zero-order chi connectivity index (χ0) is 15.3. The van der Waals surface area contributed by atoms with E-state index < -0.39 is 11.7 Å². The number of amides is 1. The molecule has 20 heavy (non-hydrogen) atoms. The maximum atomic E-state index is 11.8. The van der Waals surface area contributed by atoms with E-state index in [9.17, 15) is 4.79 Å². The molecule has 0 radical (unpaired) electrons. The largest absolute Gasteiger partial charge is 0.444 e. The standard InChI is InChI=1S/C16H22N2O2/c1-6-12(10-17)9-13-7-8-14(11(13)2)18-15(19)20-16(3,4)5/h6,9,14H,1,7-8H2,2-5H3,(H,18,19)/b12-9+/t14-/m1/s1. The highest BCUT2D eigenvalue weighted by atomic mass is 16.6. The van der Waals surface area contributed by atoms with Gasteiger partial charge in [-0.25, -0.2) is 4.79 Å². The van der Waals surface area contributed by atoms with Crippen molar-refractivity contribution < 1.29 is 9.53 Å². The average Bonchev–Trinajstić information content (AvgIpc) is 2.65. The summed E-state index contributed by atoms with van der Waals surface area (Å²) in [6.45, 7) is 11.1. The molecule has 0 aromatic carbocycles. The molecule has 4 nitrogen and oxygen atoms in total. The smallest absolute Gasteiger partial charge is 0.408 e. The minimum atomic E-state index is -0.500. The SMILES string of the molecule is C=C/C(C#N)=C\C1=C(C)[C@H](NC(=O)OC(C)(C)C)CC1. The molecule has 0 aromatic rings. The molecule has 1 rings (SSSR count). The predicted octanol–water partition coefficient (Wildman–Crippen LogP) is 3.63. The van der Waals surface area contributed by atoms with Gasteiger partial charge in [0.2, 0.25) is 0 Å². The first-order chi connectivity index (χ1) is 9.26. The molecule has 1 amide bonds. The van der Waals surface area contributed by atoms with Crippen LogP contribution in [0.1, 0.15) is 40.5 Å². The van der Waals surface area contributed by atoms with Gasteiger partial charge in [-0.05, 0) is 57.8 Å². The lowest BCUT2D eigenvalue weighted by Crippen LogP contribution is -2.38. The highest BCUT2D eigenvalue weighted by Gasteiger charge is 2.25. The summed E-state index contributed by atoms with van der Waals surface area (Å²) in [5.74, 6) is 0.